The summed E-state index contributed by atoms with van der Waals surface area (Å²) in [6.45, 7) is 0.855. The van der Waals surface area contributed by atoms with E-state index >= 15 is 0 Å². The Morgan fingerprint density at radius 3 is 2.58 bits per heavy atom. The standard InChI is InChI=1S/C15H24N2O2/c1-17(11-5-4-6-11)10-14(16)13-8-7-12(18-2)9-15(13)19-3/h7-9,11,14H,4-6,10,16H2,1-3H3. The second kappa shape index (κ2) is 6.26. The largest absolute Gasteiger partial charge is 0.497 e. The fourth-order valence-electron chi connectivity index (χ4n) is 2.51. The molecule has 0 amide bonds. The predicted octanol–water partition coefficient (Wildman–Crippen LogP) is 2.19. The number of benzene rings is 1. The molecular weight excluding hydrogens is 240 g/mol. The van der Waals surface area contributed by atoms with Crippen LogP contribution in [0.15, 0.2) is 18.2 Å². The molecule has 106 valence electrons. The van der Waals surface area contributed by atoms with E-state index in [2.05, 4.69) is 11.9 Å². The number of methoxy groups -OCH3 is 2. The Bertz CT molecular complexity index is 419. The van der Waals surface area contributed by atoms with Crippen LogP contribution in [0.2, 0.25) is 0 Å². The first-order valence-corrected chi connectivity index (χ1v) is 6.83. The van der Waals surface area contributed by atoms with Gasteiger partial charge in [0.25, 0.3) is 0 Å². The quantitative estimate of drug-likeness (QED) is 0.855. The maximum Gasteiger partial charge on any atom is 0.127 e. The summed E-state index contributed by atoms with van der Waals surface area (Å²) in [7, 11) is 5.47. The second-order valence-corrected chi connectivity index (χ2v) is 5.24. The molecule has 2 rings (SSSR count). The van der Waals surface area contributed by atoms with Crippen LogP contribution < -0.4 is 15.2 Å². The summed E-state index contributed by atoms with van der Waals surface area (Å²) in [4.78, 5) is 2.36. The highest BCUT2D eigenvalue weighted by atomic mass is 16.5. The molecule has 0 aliphatic heterocycles. The average Bonchev–Trinajstić information content (AvgIpc) is 2.35. The van der Waals surface area contributed by atoms with E-state index in [1.54, 1.807) is 14.2 Å². The van der Waals surface area contributed by atoms with E-state index in [0.717, 1.165) is 23.6 Å². The first-order chi connectivity index (χ1) is 9.15. The molecule has 1 aliphatic rings. The molecule has 1 aromatic carbocycles. The summed E-state index contributed by atoms with van der Waals surface area (Å²) < 4.78 is 10.6. The summed E-state index contributed by atoms with van der Waals surface area (Å²) >= 11 is 0. The molecule has 1 aliphatic carbocycles. The van der Waals surface area contributed by atoms with Gasteiger partial charge in [0.15, 0.2) is 0 Å². The Morgan fingerprint density at radius 1 is 1.32 bits per heavy atom. The third kappa shape index (κ3) is 3.19. The van der Waals surface area contributed by atoms with Gasteiger partial charge in [0.05, 0.1) is 14.2 Å². The number of nitrogens with two attached hydrogens (primary N) is 1. The fraction of sp³-hybridized carbons (Fsp3) is 0.600. The molecule has 0 spiro atoms. The molecule has 0 radical (unpaired) electrons. The van der Waals surface area contributed by atoms with Gasteiger partial charge in [0.2, 0.25) is 0 Å². The number of rotatable bonds is 6. The van der Waals surface area contributed by atoms with Crippen molar-refractivity contribution in [2.24, 2.45) is 5.73 Å². The van der Waals surface area contributed by atoms with Crippen molar-refractivity contribution >= 4 is 0 Å². The number of hydrogen-bond donors (Lipinski definition) is 1. The molecule has 0 heterocycles. The monoisotopic (exact) mass is 264 g/mol. The molecule has 4 nitrogen and oxygen atoms in total. The van der Waals surface area contributed by atoms with Crippen molar-refractivity contribution in [1.29, 1.82) is 0 Å². The molecule has 1 unspecified atom stereocenters. The molecule has 4 heteroatoms. The topological polar surface area (TPSA) is 47.7 Å². The number of likely N-dealkylation sites (N-methyl/N-ethyl adjacent to an activating group) is 1. The number of hydrogen-bond acceptors (Lipinski definition) is 4. The van der Waals surface area contributed by atoms with Gasteiger partial charge in [-0.2, -0.15) is 0 Å². The molecule has 1 atom stereocenters. The van der Waals surface area contributed by atoms with Crippen LogP contribution in [0, 0.1) is 0 Å². The van der Waals surface area contributed by atoms with Crippen molar-refractivity contribution in [2.75, 3.05) is 27.8 Å². The predicted molar refractivity (Wildman–Crippen MR) is 76.7 cm³/mol. The Morgan fingerprint density at radius 2 is 2.05 bits per heavy atom. The molecule has 0 bridgehead atoms. The summed E-state index contributed by atoms with van der Waals surface area (Å²) in [6.07, 6.45) is 3.93. The Kier molecular flexibility index (Phi) is 4.66. The van der Waals surface area contributed by atoms with Crippen molar-refractivity contribution in [1.82, 2.24) is 4.90 Å². The zero-order valence-corrected chi connectivity index (χ0v) is 12.1. The van der Waals surface area contributed by atoms with Gasteiger partial charge in [-0.15, -0.1) is 0 Å². The van der Waals surface area contributed by atoms with Crippen LogP contribution in [0.5, 0.6) is 11.5 Å². The van der Waals surface area contributed by atoms with Gasteiger partial charge in [-0.1, -0.05) is 12.5 Å². The van der Waals surface area contributed by atoms with Crippen molar-refractivity contribution in [3.8, 4) is 11.5 Å². The minimum atomic E-state index is -0.0357. The highest BCUT2D eigenvalue weighted by molar-refractivity contribution is 5.42. The van der Waals surface area contributed by atoms with E-state index in [4.69, 9.17) is 15.2 Å². The fourth-order valence-corrected chi connectivity index (χ4v) is 2.51. The van der Waals surface area contributed by atoms with Crippen LogP contribution in [-0.4, -0.2) is 38.8 Å². The Hall–Kier alpha value is -1.26. The van der Waals surface area contributed by atoms with E-state index in [1.165, 1.54) is 19.3 Å². The minimum absolute atomic E-state index is 0.0357. The molecule has 2 N–H and O–H groups in total. The van der Waals surface area contributed by atoms with Gasteiger partial charge in [-0.3, -0.25) is 0 Å². The van der Waals surface area contributed by atoms with E-state index in [1.807, 2.05) is 18.2 Å². The van der Waals surface area contributed by atoms with Gasteiger partial charge in [0.1, 0.15) is 11.5 Å². The zero-order chi connectivity index (χ0) is 13.8. The van der Waals surface area contributed by atoms with Gasteiger partial charge in [-0.25, -0.2) is 0 Å². The van der Waals surface area contributed by atoms with E-state index in [0.29, 0.717) is 6.04 Å². The highest BCUT2D eigenvalue weighted by Crippen LogP contribution is 2.30. The van der Waals surface area contributed by atoms with Gasteiger partial charge in [-0.05, 0) is 26.0 Å². The summed E-state index contributed by atoms with van der Waals surface area (Å²) in [5, 5.41) is 0. The molecule has 1 aromatic rings. The lowest BCUT2D eigenvalue weighted by atomic mass is 9.91. The molecular formula is C15H24N2O2. The lowest BCUT2D eigenvalue weighted by molar-refractivity contribution is 0.151. The molecule has 0 saturated heterocycles. The smallest absolute Gasteiger partial charge is 0.127 e. The molecule has 1 saturated carbocycles. The third-order valence-corrected chi connectivity index (χ3v) is 4.02. The van der Waals surface area contributed by atoms with Crippen LogP contribution in [0.3, 0.4) is 0 Å². The summed E-state index contributed by atoms with van der Waals surface area (Å²) in [6, 6.07) is 6.48. The molecule has 19 heavy (non-hydrogen) atoms. The first-order valence-electron chi connectivity index (χ1n) is 6.83. The van der Waals surface area contributed by atoms with Crippen molar-refractivity contribution < 1.29 is 9.47 Å². The minimum Gasteiger partial charge on any atom is -0.497 e. The maximum absolute atomic E-state index is 6.32. The second-order valence-electron chi connectivity index (χ2n) is 5.24. The number of nitrogens with zero attached hydrogens (tertiary/aromatic N) is 1. The van der Waals surface area contributed by atoms with Crippen molar-refractivity contribution in [3.63, 3.8) is 0 Å². The van der Waals surface area contributed by atoms with E-state index in [-0.39, 0.29) is 6.04 Å². The SMILES string of the molecule is COc1ccc(C(N)CN(C)C2CCC2)c(OC)c1. The van der Waals surface area contributed by atoms with E-state index < -0.39 is 0 Å². The van der Waals surface area contributed by atoms with E-state index in [9.17, 15) is 0 Å². The summed E-state index contributed by atoms with van der Waals surface area (Å²) in [5.74, 6) is 1.59. The van der Waals surface area contributed by atoms with Crippen LogP contribution in [0.4, 0.5) is 0 Å². The van der Waals surface area contributed by atoms with Crippen LogP contribution in [0.25, 0.3) is 0 Å². The molecule has 1 fully saturated rings. The normalized spacial score (nSPS) is 17.1. The van der Waals surface area contributed by atoms with Crippen molar-refractivity contribution in [3.05, 3.63) is 23.8 Å². The van der Waals surface area contributed by atoms with Gasteiger partial charge >= 0.3 is 0 Å². The van der Waals surface area contributed by atoms with Crippen molar-refractivity contribution in [2.45, 2.75) is 31.3 Å². The lowest BCUT2D eigenvalue weighted by Gasteiger charge is -2.36. The van der Waals surface area contributed by atoms with Gasteiger partial charge in [0, 0.05) is 30.3 Å². The Balaban J connectivity index is 2.06. The average molecular weight is 264 g/mol. The lowest BCUT2D eigenvalue weighted by Crippen LogP contribution is -2.41. The van der Waals surface area contributed by atoms with Crippen LogP contribution in [-0.2, 0) is 0 Å². The highest BCUT2D eigenvalue weighted by Gasteiger charge is 2.24. The number of ether oxygens (including phenoxy) is 2. The molecule has 0 aromatic heterocycles. The summed E-state index contributed by atoms with van der Waals surface area (Å²) in [5.41, 5.74) is 7.35. The van der Waals surface area contributed by atoms with Gasteiger partial charge < -0.3 is 20.1 Å². The first kappa shape index (κ1) is 14.2. The zero-order valence-electron chi connectivity index (χ0n) is 12.1. The van der Waals surface area contributed by atoms with Crippen LogP contribution in [0.1, 0.15) is 30.9 Å². The maximum atomic E-state index is 6.32. The van der Waals surface area contributed by atoms with Crippen LogP contribution >= 0.6 is 0 Å². The Labute approximate surface area is 115 Å². The third-order valence-electron chi connectivity index (χ3n) is 4.02.